The number of aryl methyl sites for hydroxylation is 2. The molecule has 1 aliphatic heterocycles. The fourth-order valence-corrected chi connectivity index (χ4v) is 3.98. The van der Waals surface area contributed by atoms with Crippen molar-refractivity contribution in [2.45, 2.75) is 45.2 Å². The van der Waals surface area contributed by atoms with Gasteiger partial charge in [-0.2, -0.15) is 0 Å². The van der Waals surface area contributed by atoms with Crippen molar-refractivity contribution in [1.29, 1.82) is 0 Å². The zero-order chi connectivity index (χ0) is 19.4. The highest BCUT2D eigenvalue weighted by atomic mass is 16.2. The van der Waals surface area contributed by atoms with E-state index in [1.54, 1.807) is 4.90 Å². The second-order valence-corrected chi connectivity index (χ2v) is 7.80. The van der Waals surface area contributed by atoms with Crippen LogP contribution in [0.2, 0.25) is 0 Å². The van der Waals surface area contributed by atoms with Gasteiger partial charge in [-0.1, -0.05) is 24.3 Å². The highest BCUT2D eigenvalue weighted by Crippen LogP contribution is 2.42. The summed E-state index contributed by atoms with van der Waals surface area (Å²) in [5, 5.41) is 2.99. The first-order valence-corrected chi connectivity index (χ1v) is 9.70. The molecule has 1 aromatic heterocycles. The van der Waals surface area contributed by atoms with Crippen molar-refractivity contribution in [3.63, 3.8) is 0 Å². The van der Waals surface area contributed by atoms with E-state index in [9.17, 15) is 9.59 Å². The fraction of sp³-hybridized carbons (Fsp3) is 0.318. The Balaban J connectivity index is 1.47. The van der Waals surface area contributed by atoms with E-state index < -0.39 is 6.04 Å². The highest BCUT2D eigenvalue weighted by Gasteiger charge is 2.47. The van der Waals surface area contributed by atoms with Crippen LogP contribution >= 0.6 is 0 Å². The third-order valence-electron chi connectivity index (χ3n) is 5.58. The topological polar surface area (TPSA) is 67.2 Å². The first-order valence-electron chi connectivity index (χ1n) is 9.70. The van der Waals surface area contributed by atoms with E-state index in [1.165, 1.54) is 0 Å². The van der Waals surface area contributed by atoms with Gasteiger partial charge in [-0.05, 0) is 56.0 Å². The van der Waals surface area contributed by atoms with Gasteiger partial charge in [-0.25, -0.2) is 4.98 Å². The van der Waals surface area contributed by atoms with Crippen LogP contribution in [0, 0.1) is 13.8 Å². The SMILES string of the molecule is Cc1ccc(C)c(NC(=O)CC2C(=O)N(C3CC3)c3nc4ccccc4n32)c1. The molecule has 2 heterocycles. The Bertz CT molecular complexity index is 1110. The lowest BCUT2D eigenvalue weighted by molar-refractivity contribution is -0.124. The third-order valence-corrected chi connectivity index (χ3v) is 5.58. The largest absolute Gasteiger partial charge is 0.326 e. The third kappa shape index (κ3) is 2.68. The van der Waals surface area contributed by atoms with Crippen LogP contribution in [-0.2, 0) is 9.59 Å². The maximum absolute atomic E-state index is 13.1. The second-order valence-electron chi connectivity index (χ2n) is 7.80. The van der Waals surface area contributed by atoms with Crippen LogP contribution in [-0.4, -0.2) is 27.4 Å². The number of aromatic nitrogens is 2. The first-order chi connectivity index (χ1) is 13.5. The van der Waals surface area contributed by atoms with Gasteiger partial charge in [0.05, 0.1) is 17.5 Å². The molecule has 142 valence electrons. The number of hydrogen-bond acceptors (Lipinski definition) is 3. The van der Waals surface area contributed by atoms with E-state index >= 15 is 0 Å². The molecule has 28 heavy (non-hydrogen) atoms. The summed E-state index contributed by atoms with van der Waals surface area (Å²) in [6.07, 6.45) is 2.09. The minimum atomic E-state index is -0.548. The highest BCUT2D eigenvalue weighted by molar-refractivity contribution is 6.05. The molecule has 6 nitrogen and oxygen atoms in total. The van der Waals surface area contributed by atoms with Crippen LogP contribution in [0.15, 0.2) is 42.5 Å². The molecule has 1 aliphatic carbocycles. The van der Waals surface area contributed by atoms with Crippen LogP contribution in [0.4, 0.5) is 11.6 Å². The van der Waals surface area contributed by atoms with Crippen LogP contribution in [0.1, 0.15) is 36.4 Å². The zero-order valence-corrected chi connectivity index (χ0v) is 16.0. The van der Waals surface area contributed by atoms with Gasteiger partial charge < -0.3 is 5.32 Å². The molecule has 0 spiro atoms. The number of nitrogens with one attached hydrogen (secondary N) is 1. The van der Waals surface area contributed by atoms with Crippen molar-refractivity contribution in [3.05, 3.63) is 53.6 Å². The predicted molar refractivity (Wildman–Crippen MR) is 108 cm³/mol. The predicted octanol–water partition coefficient (Wildman–Crippen LogP) is 3.73. The summed E-state index contributed by atoms with van der Waals surface area (Å²) in [6, 6.07) is 13.4. The van der Waals surface area contributed by atoms with Crippen molar-refractivity contribution in [3.8, 4) is 0 Å². The van der Waals surface area contributed by atoms with Crippen molar-refractivity contribution in [2.75, 3.05) is 10.2 Å². The van der Waals surface area contributed by atoms with Gasteiger partial charge >= 0.3 is 0 Å². The molecule has 3 aromatic rings. The molecule has 1 unspecified atom stereocenters. The maximum atomic E-state index is 13.1. The Morgan fingerprint density at radius 3 is 2.75 bits per heavy atom. The number of fused-ring (bicyclic) bond motifs is 3. The van der Waals surface area contributed by atoms with E-state index in [0.717, 1.165) is 40.7 Å². The molecule has 0 radical (unpaired) electrons. The normalized spacial score (nSPS) is 18.6. The average molecular weight is 374 g/mol. The molecule has 1 fully saturated rings. The van der Waals surface area contributed by atoms with Crippen molar-refractivity contribution in [1.82, 2.24) is 9.55 Å². The molecular weight excluding hydrogens is 352 g/mol. The number of amides is 2. The molecule has 6 heteroatoms. The van der Waals surface area contributed by atoms with E-state index in [1.807, 2.05) is 60.9 Å². The fourth-order valence-electron chi connectivity index (χ4n) is 3.98. The lowest BCUT2D eigenvalue weighted by Crippen LogP contribution is -2.33. The van der Waals surface area contributed by atoms with Crippen LogP contribution in [0.3, 0.4) is 0 Å². The summed E-state index contributed by atoms with van der Waals surface area (Å²) in [7, 11) is 0. The number of rotatable bonds is 4. The van der Waals surface area contributed by atoms with Gasteiger partial charge in [-0.3, -0.25) is 19.1 Å². The molecule has 2 aliphatic rings. The smallest absolute Gasteiger partial charge is 0.253 e. The first kappa shape index (κ1) is 17.0. The monoisotopic (exact) mass is 374 g/mol. The van der Waals surface area contributed by atoms with Crippen molar-refractivity contribution < 1.29 is 9.59 Å². The minimum Gasteiger partial charge on any atom is -0.326 e. The Labute approximate surface area is 163 Å². The molecule has 1 N–H and O–H groups in total. The van der Waals surface area contributed by atoms with Crippen molar-refractivity contribution >= 4 is 34.5 Å². The summed E-state index contributed by atoms with van der Waals surface area (Å²) >= 11 is 0. The quantitative estimate of drug-likeness (QED) is 0.757. The number of imidazole rings is 1. The Morgan fingerprint density at radius 1 is 1.18 bits per heavy atom. The molecule has 2 amide bonds. The molecule has 0 bridgehead atoms. The summed E-state index contributed by atoms with van der Waals surface area (Å²) in [5.41, 5.74) is 4.64. The Kier molecular flexibility index (Phi) is 3.75. The average Bonchev–Trinajstić information content (AvgIpc) is 3.37. The lowest BCUT2D eigenvalue weighted by Gasteiger charge is -2.15. The van der Waals surface area contributed by atoms with Gasteiger partial charge in [0.15, 0.2) is 0 Å². The summed E-state index contributed by atoms with van der Waals surface area (Å²) in [5.74, 6) is 0.499. The van der Waals surface area contributed by atoms with Gasteiger partial charge in [0.25, 0.3) is 5.91 Å². The molecule has 5 rings (SSSR count). The number of nitrogens with zero attached hydrogens (tertiary/aromatic N) is 3. The number of carbonyl (C=O) groups is 2. The van der Waals surface area contributed by atoms with Gasteiger partial charge in [0.2, 0.25) is 11.9 Å². The lowest BCUT2D eigenvalue weighted by atomic mass is 10.1. The number of benzene rings is 2. The van der Waals surface area contributed by atoms with E-state index in [2.05, 4.69) is 10.3 Å². The van der Waals surface area contributed by atoms with Gasteiger partial charge in [-0.15, -0.1) is 0 Å². The number of carbonyl (C=O) groups excluding carboxylic acids is 2. The molecule has 1 atom stereocenters. The van der Waals surface area contributed by atoms with Crippen LogP contribution < -0.4 is 10.2 Å². The molecular formula is C22H22N4O2. The van der Waals surface area contributed by atoms with E-state index in [4.69, 9.17) is 0 Å². The minimum absolute atomic E-state index is 0.0214. The van der Waals surface area contributed by atoms with E-state index in [-0.39, 0.29) is 24.3 Å². The second kappa shape index (κ2) is 6.19. The Morgan fingerprint density at radius 2 is 1.96 bits per heavy atom. The Hall–Kier alpha value is -3.15. The van der Waals surface area contributed by atoms with E-state index in [0.29, 0.717) is 5.95 Å². The number of hydrogen-bond donors (Lipinski definition) is 1. The standard InChI is InChI=1S/C22H22N4O2/c1-13-7-8-14(2)17(11-13)23-20(27)12-19-21(28)25(15-9-10-15)22-24-16-5-3-4-6-18(16)26(19)22/h3-8,11,15,19H,9-10,12H2,1-2H3,(H,23,27). The van der Waals surface area contributed by atoms with Gasteiger partial charge in [0, 0.05) is 11.7 Å². The summed E-state index contributed by atoms with van der Waals surface area (Å²) in [6.45, 7) is 3.96. The number of anilines is 2. The molecule has 0 saturated heterocycles. The van der Waals surface area contributed by atoms with Gasteiger partial charge in [0.1, 0.15) is 6.04 Å². The number of para-hydroxylation sites is 2. The summed E-state index contributed by atoms with van der Waals surface area (Å²) < 4.78 is 1.94. The zero-order valence-electron chi connectivity index (χ0n) is 16.0. The van der Waals surface area contributed by atoms with Crippen LogP contribution in [0.25, 0.3) is 11.0 Å². The molecule has 1 saturated carbocycles. The maximum Gasteiger partial charge on any atom is 0.253 e. The van der Waals surface area contributed by atoms with Crippen molar-refractivity contribution in [2.24, 2.45) is 0 Å². The summed E-state index contributed by atoms with van der Waals surface area (Å²) in [4.78, 5) is 32.5. The van der Waals surface area contributed by atoms with Crippen LogP contribution in [0.5, 0.6) is 0 Å². The molecule has 2 aromatic carbocycles.